The zero-order valence-corrected chi connectivity index (χ0v) is 9.51. The van der Waals surface area contributed by atoms with Gasteiger partial charge in [0.1, 0.15) is 17.4 Å². The fourth-order valence-electron chi connectivity index (χ4n) is 1.72. The molecule has 0 unspecified atom stereocenters. The highest BCUT2D eigenvalue weighted by Gasteiger charge is 2.55. The van der Waals surface area contributed by atoms with Crippen molar-refractivity contribution in [2.24, 2.45) is 0 Å². The number of carboxylic acids is 1. The molecule has 6 heteroatoms. The lowest BCUT2D eigenvalue weighted by Crippen LogP contribution is -2.22. The van der Waals surface area contributed by atoms with E-state index in [1.54, 1.807) is 0 Å². The van der Waals surface area contributed by atoms with Crippen LogP contribution < -0.4 is 0 Å². The van der Waals surface area contributed by atoms with Crippen molar-refractivity contribution in [2.45, 2.75) is 18.3 Å². The van der Waals surface area contributed by atoms with E-state index in [-0.39, 0.29) is 17.3 Å². The van der Waals surface area contributed by atoms with E-state index >= 15 is 0 Å². The molecule has 1 aliphatic rings. The van der Waals surface area contributed by atoms with Crippen LogP contribution >= 0.6 is 15.9 Å². The summed E-state index contributed by atoms with van der Waals surface area (Å²) in [6.07, 6.45) is 0.404. The van der Waals surface area contributed by atoms with E-state index in [0.717, 1.165) is 0 Å². The van der Waals surface area contributed by atoms with Crippen LogP contribution in [-0.4, -0.2) is 16.2 Å². The van der Waals surface area contributed by atoms with Gasteiger partial charge in [-0.2, -0.15) is 0 Å². The Kier molecular flexibility index (Phi) is 2.41. The summed E-state index contributed by atoms with van der Waals surface area (Å²) in [4.78, 5) is 11.0. The zero-order chi connectivity index (χ0) is 12.1. The molecule has 0 heterocycles. The smallest absolute Gasteiger partial charge is 0.314 e. The molecule has 1 aliphatic carbocycles. The molecule has 0 saturated heterocycles. The van der Waals surface area contributed by atoms with Crippen molar-refractivity contribution in [3.05, 3.63) is 27.7 Å². The Morgan fingerprint density at radius 3 is 2.44 bits per heavy atom. The van der Waals surface area contributed by atoms with Gasteiger partial charge in [0, 0.05) is 11.6 Å². The van der Waals surface area contributed by atoms with Crippen LogP contribution in [-0.2, 0) is 10.2 Å². The van der Waals surface area contributed by atoms with Crippen molar-refractivity contribution in [1.82, 2.24) is 0 Å². The van der Waals surface area contributed by atoms with Crippen LogP contribution in [0.2, 0.25) is 0 Å². The highest BCUT2D eigenvalue weighted by molar-refractivity contribution is 9.10. The van der Waals surface area contributed by atoms with Crippen molar-refractivity contribution >= 4 is 21.9 Å². The van der Waals surface area contributed by atoms with Crippen molar-refractivity contribution in [3.8, 4) is 5.75 Å². The van der Waals surface area contributed by atoms with Gasteiger partial charge in [-0.15, -0.1) is 0 Å². The molecule has 1 aromatic carbocycles. The summed E-state index contributed by atoms with van der Waals surface area (Å²) in [5, 5.41) is 18.1. The van der Waals surface area contributed by atoms with Crippen molar-refractivity contribution in [2.75, 3.05) is 0 Å². The molecule has 2 rings (SSSR count). The lowest BCUT2D eigenvalue weighted by Gasteiger charge is -2.14. The van der Waals surface area contributed by atoms with E-state index < -0.39 is 34.3 Å². The lowest BCUT2D eigenvalue weighted by atomic mass is 9.95. The average molecular weight is 293 g/mol. The van der Waals surface area contributed by atoms with Gasteiger partial charge in [0.15, 0.2) is 0 Å². The first kappa shape index (κ1) is 11.3. The summed E-state index contributed by atoms with van der Waals surface area (Å²) < 4.78 is 26.9. The quantitative estimate of drug-likeness (QED) is 0.824. The van der Waals surface area contributed by atoms with E-state index in [1.165, 1.54) is 0 Å². The Labute approximate surface area is 97.8 Å². The number of aliphatic carboxylic acids is 1. The monoisotopic (exact) mass is 292 g/mol. The summed E-state index contributed by atoms with van der Waals surface area (Å²) in [6.45, 7) is 0. The number of hydrogen-bond acceptors (Lipinski definition) is 2. The highest BCUT2D eigenvalue weighted by Crippen LogP contribution is 2.52. The number of halogens is 3. The molecular weight excluding hydrogens is 286 g/mol. The first-order valence-corrected chi connectivity index (χ1v) is 5.30. The molecule has 1 saturated carbocycles. The second-order valence-electron chi connectivity index (χ2n) is 3.77. The summed E-state index contributed by atoms with van der Waals surface area (Å²) in [5.74, 6) is -3.90. The molecular formula is C10H7BrF2O3. The molecule has 0 atom stereocenters. The van der Waals surface area contributed by atoms with Gasteiger partial charge in [-0.1, -0.05) is 0 Å². The summed E-state index contributed by atoms with van der Waals surface area (Å²) in [5.41, 5.74) is -1.95. The van der Waals surface area contributed by atoms with Crippen LogP contribution in [0, 0.1) is 11.6 Å². The number of carbonyl (C=O) groups is 1. The molecule has 86 valence electrons. The summed E-state index contributed by atoms with van der Waals surface area (Å²) >= 11 is 2.75. The topological polar surface area (TPSA) is 57.5 Å². The Morgan fingerprint density at radius 2 is 2.00 bits per heavy atom. The molecule has 1 fully saturated rings. The Bertz CT molecular complexity index is 483. The maximum absolute atomic E-state index is 13.7. The maximum atomic E-state index is 13.7. The van der Waals surface area contributed by atoms with Crippen LogP contribution in [0.15, 0.2) is 10.5 Å². The van der Waals surface area contributed by atoms with Crippen molar-refractivity contribution in [3.63, 3.8) is 0 Å². The predicted octanol–water partition coefficient (Wildman–Crippen LogP) is 2.55. The van der Waals surface area contributed by atoms with E-state index in [4.69, 9.17) is 10.2 Å². The van der Waals surface area contributed by atoms with Crippen LogP contribution in [0.3, 0.4) is 0 Å². The van der Waals surface area contributed by atoms with E-state index in [0.29, 0.717) is 6.07 Å². The molecule has 16 heavy (non-hydrogen) atoms. The second kappa shape index (κ2) is 3.41. The molecule has 0 aromatic heterocycles. The van der Waals surface area contributed by atoms with Gasteiger partial charge in [0.25, 0.3) is 0 Å². The number of aromatic hydroxyl groups is 1. The van der Waals surface area contributed by atoms with Gasteiger partial charge in [-0.25, -0.2) is 8.78 Å². The first-order chi connectivity index (χ1) is 7.40. The SMILES string of the molecule is O=C(O)C1(c2c(F)cc(O)c(Br)c2F)CC1. The van der Waals surface area contributed by atoms with Crippen LogP contribution in [0.1, 0.15) is 18.4 Å². The first-order valence-electron chi connectivity index (χ1n) is 4.50. The largest absolute Gasteiger partial charge is 0.507 e. The van der Waals surface area contributed by atoms with Gasteiger partial charge in [0.2, 0.25) is 0 Å². The van der Waals surface area contributed by atoms with Crippen molar-refractivity contribution in [1.29, 1.82) is 0 Å². The van der Waals surface area contributed by atoms with Crippen molar-refractivity contribution < 1.29 is 23.8 Å². The van der Waals surface area contributed by atoms with Gasteiger partial charge in [-0.3, -0.25) is 4.79 Å². The minimum Gasteiger partial charge on any atom is -0.507 e. The van der Waals surface area contributed by atoms with Crippen LogP contribution in [0.4, 0.5) is 8.78 Å². The van der Waals surface area contributed by atoms with E-state index in [1.807, 2.05) is 0 Å². The molecule has 0 amide bonds. The maximum Gasteiger partial charge on any atom is 0.314 e. The minimum absolute atomic E-state index is 0.202. The third-order valence-electron chi connectivity index (χ3n) is 2.78. The third-order valence-corrected chi connectivity index (χ3v) is 3.53. The van der Waals surface area contributed by atoms with Crippen LogP contribution in [0.5, 0.6) is 5.75 Å². The van der Waals surface area contributed by atoms with Gasteiger partial charge >= 0.3 is 5.97 Å². The lowest BCUT2D eigenvalue weighted by molar-refractivity contribution is -0.140. The van der Waals surface area contributed by atoms with Crippen LogP contribution in [0.25, 0.3) is 0 Å². The van der Waals surface area contributed by atoms with Gasteiger partial charge in [-0.05, 0) is 28.8 Å². The summed E-state index contributed by atoms with van der Waals surface area (Å²) in [6, 6.07) is 0.714. The normalized spacial score (nSPS) is 17.2. The average Bonchev–Trinajstić information content (AvgIpc) is 2.96. The number of phenolic OH excluding ortho intramolecular Hbond substituents is 1. The fraction of sp³-hybridized carbons (Fsp3) is 0.300. The second-order valence-corrected chi connectivity index (χ2v) is 4.56. The number of benzene rings is 1. The van der Waals surface area contributed by atoms with E-state index in [9.17, 15) is 13.6 Å². The highest BCUT2D eigenvalue weighted by atomic mass is 79.9. The molecule has 0 radical (unpaired) electrons. The Balaban J connectivity index is 2.67. The number of hydrogen-bond donors (Lipinski definition) is 2. The standard InChI is InChI=1S/C10H7BrF2O3/c11-7-5(14)3-4(12)6(8(7)13)10(1-2-10)9(15)16/h3,14H,1-2H2,(H,15,16). The van der Waals surface area contributed by atoms with E-state index in [2.05, 4.69) is 15.9 Å². The Morgan fingerprint density at radius 1 is 1.44 bits per heavy atom. The number of rotatable bonds is 2. The third kappa shape index (κ3) is 1.40. The number of phenols is 1. The molecule has 0 spiro atoms. The van der Waals surface area contributed by atoms with Gasteiger partial charge in [0.05, 0.1) is 9.89 Å². The summed E-state index contributed by atoms with van der Waals surface area (Å²) in [7, 11) is 0. The predicted molar refractivity (Wildman–Crippen MR) is 54.3 cm³/mol. The molecule has 1 aromatic rings. The molecule has 2 N–H and O–H groups in total. The Hall–Kier alpha value is -1.17. The minimum atomic E-state index is -1.47. The number of carboxylic acid groups (broad SMARTS) is 1. The molecule has 0 aliphatic heterocycles. The van der Waals surface area contributed by atoms with Gasteiger partial charge < -0.3 is 10.2 Å². The molecule has 3 nitrogen and oxygen atoms in total. The molecule has 0 bridgehead atoms. The fourth-order valence-corrected chi connectivity index (χ4v) is 2.03. The zero-order valence-electron chi connectivity index (χ0n) is 7.93.